The molecule has 0 bridgehead atoms. The molecule has 1 heterocycles. The fraction of sp³-hybridized carbons (Fsp3) is 0.667. The van der Waals surface area contributed by atoms with Gasteiger partial charge in [0, 0.05) is 18.3 Å². The molecule has 3 nitrogen and oxygen atoms in total. The van der Waals surface area contributed by atoms with E-state index in [9.17, 15) is 5.11 Å². The molecule has 0 amide bonds. The van der Waals surface area contributed by atoms with E-state index in [-0.39, 0.29) is 6.61 Å². The maximum absolute atomic E-state index is 9.19. The lowest BCUT2D eigenvalue weighted by molar-refractivity contribution is 0.280. The third-order valence-electron chi connectivity index (χ3n) is 3.52. The molecule has 1 atom stereocenters. The van der Waals surface area contributed by atoms with Gasteiger partial charge in [0.05, 0.1) is 6.61 Å². The van der Waals surface area contributed by atoms with E-state index < -0.39 is 0 Å². The van der Waals surface area contributed by atoms with Gasteiger partial charge in [-0.25, -0.2) is 4.98 Å². The Morgan fingerprint density at radius 2 is 2.06 bits per heavy atom. The van der Waals surface area contributed by atoms with Gasteiger partial charge < -0.3 is 10.0 Å². The van der Waals surface area contributed by atoms with Crippen LogP contribution in [0.3, 0.4) is 0 Å². The van der Waals surface area contributed by atoms with Crippen LogP contribution >= 0.6 is 0 Å². The van der Waals surface area contributed by atoms with Crippen molar-refractivity contribution in [2.75, 3.05) is 11.4 Å². The summed E-state index contributed by atoms with van der Waals surface area (Å²) >= 11 is 0. The van der Waals surface area contributed by atoms with Crippen LogP contribution in [0, 0.1) is 6.92 Å². The Balaban J connectivity index is 2.93. The molecule has 0 fully saturated rings. The van der Waals surface area contributed by atoms with E-state index in [1.54, 1.807) is 0 Å². The predicted octanol–water partition coefficient (Wildman–Crippen LogP) is 3.29. The number of aliphatic hydroxyl groups is 1. The Morgan fingerprint density at radius 1 is 1.33 bits per heavy atom. The highest BCUT2D eigenvalue weighted by atomic mass is 16.3. The molecule has 0 saturated heterocycles. The number of hydrogen-bond donors (Lipinski definition) is 1. The molecule has 0 aromatic carbocycles. The first-order valence-corrected chi connectivity index (χ1v) is 6.98. The van der Waals surface area contributed by atoms with Gasteiger partial charge >= 0.3 is 0 Å². The maximum Gasteiger partial charge on any atom is 0.129 e. The van der Waals surface area contributed by atoms with Gasteiger partial charge in [-0.15, -0.1) is 0 Å². The second-order valence-corrected chi connectivity index (χ2v) is 4.88. The molecule has 1 N–H and O–H groups in total. The van der Waals surface area contributed by atoms with E-state index in [2.05, 4.69) is 30.7 Å². The quantitative estimate of drug-likeness (QED) is 0.806. The normalized spacial score (nSPS) is 12.5. The molecule has 1 unspecified atom stereocenters. The van der Waals surface area contributed by atoms with E-state index >= 15 is 0 Å². The lowest BCUT2D eigenvalue weighted by Gasteiger charge is -2.30. The number of pyridine rings is 1. The van der Waals surface area contributed by atoms with Crippen molar-refractivity contribution in [3.63, 3.8) is 0 Å². The van der Waals surface area contributed by atoms with E-state index in [1.807, 2.05) is 19.1 Å². The Bertz CT molecular complexity index is 366. The first kappa shape index (κ1) is 15.0. The second kappa shape index (κ2) is 7.37. The minimum Gasteiger partial charge on any atom is -0.392 e. The number of nitrogens with zero attached hydrogens (tertiary/aromatic N) is 2. The fourth-order valence-corrected chi connectivity index (χ4v) is 2.01. The third kappa shape index (κ3) is 3.70. The zero-order chi connectivity index (χ0) is 13.5. The van der Waals surface area contributed by atoms with Crippen LogP contribution < -0.4 is 4.90 Å². The largest absolute Gasteiger partial charge is 0.392 e. The molecule has 0 spiro atoms. The molecule has 1 rings (SSSR count). The molecule has 3 heteroatoms. The first-order chi connectivity index (χ1) is 8.63. The molecular formula is C15H26N2O. The minimum absolute atomic E-state index is 0.0669. The van der Waals surface area contributed by atoms with Crippen LogP contribution in [0.15, 0.2) is 12.1 Å². The van der Waals surface area contributed by atoms with E-state index in [0.717, 1.165) is 30.0 Å². The SMILES string of the molecule is CCCCN(c1ccc(CO)c(C)n1)C(C)CC. The molecule has 1 aromatic rings. The van der Waals surface area contributed by atoms with Gasteiger partial charge in [-0.2, -0.15) is 0 Å². The van der Waals surface area contributed by atoms with Gasteiger partial charge in [0.2, 0.25) is 0 Å². The van der Waals surface area contributed by atoms with Gasteiger partial charge in [-0.3, -0.25) is 0 Å². The summed E-state index contributed by atoms with van der Waals surface area (Å²) in [6.07, 6.45) is 3.50. The predicted molar refractivity (Wildman–Crippen MR) is 76.9 cm³/mol. The molecule has 0 aliphatic rings. The highest BCUT2D eigenvalue weighted by molar-refractivity contribution is 5.42. The average molecular weight is 250 g/mol. The highest BCUT2D eigenvalue weighted by Gasteiger charge is 2.14. The summed E-state index contributed by atoms with van der Waals surface area (Å²) in [5.41, 5.74) is 1.85. The van der Waals surface area contributed by atoms with Crippen molar-refractivity contribution in [3.8, 4) is 0 Å². The Labute approximate surface area is 111 Å². The summed E-state index contributed by atoms with van der Waals surface area (Å²) in [5.74, 6) is 1.03. The minimum atomic E-state index is 0.0669. The van der Waals surface area contributed by atoms with Crippen molar-refractivity contribution in [2.24, 2.45) is 0 Å². The molecule has 0 aliphatic carbocycles. The van der Waals surface area contributed by atoms with Gasteiger partial charge in [0.25, 0.3) is 0 Å². The standard InChI is InChI=1S/C15H26N2O/c1-5-7-10-17(12(3)6-2)15-9-8-14(11-18)13(4)16-15/h8-9,12,18H,5-7,10-11H2,1-4H3. The molecule has 0 aliphatic heterocycles. The van der Waals surface area contributed by atoms with Crippen molar-refractivity contribution in [1.29, 1.82) is 0 Å². The summed E-state index contributed by atoms with van der Waals surface area (Å²) in [6, 6.07) is 4.52. The van der Waals surface area contributed by atoms with E-state index in [4.69, 9.17) is 0 Å². The zero-order valence-electron chi connectivity index (χ0n) is 12.1. The number of rotatable bonds is 7. The van der Waals surface area contributed by atoms with Crippen LogP contribution in [0.25, 0.3) is 0 Å². The second-order valence-electron chi connectivity index (χ2n) is 4.88. The molecule has 102 valence electrons. The van der Waals surface area contributed by atoms with Crippen LogP contribution in [0.5, 0.6) is 0 Å². The Hall–Kier alpha value is -1.09. The average Bonchev–Trinajstić information content (AvgIpc) is 2.39. The summed E-state index contributed by atoms with van der Waals surface area (Å²) in [4.78, 5) is 7.00. The number of aryl methyl sites for hydroxylation is 1. The summed E-state index contributed by atoms with van der Waals surface area (Å²) in [6.45, 7) is 9.74. The van der Waals surface area contributed by atoms with Gasteiger partial charge in [0.15, 0.2) is 0 Å². The zero-order valence-corrected chi connectivity index (χ0v) is 12.1. The summed E-state index contributed by atoms with van der Waals surface area (Å²) in [5, 5.41) is 9.19. The number of unbranched alkanes of at least 4 members (excludes halogenated alkanes) is 1. The highest BCUT2D eigenvalue weighted by Crippen LogP contribution is 2.19. The number of aromatic nitrogens is 1. The van der Waals surface area contributed by atoms with E-state index in [0.29, 0.717) is 6.04 Å². The molecule has 18 heavy (non-hydrogen) atoms. The van der Waals surface area contributed by atoms with Crippen LogP contribution in [-0.4, -0.2) is 22.7 Å². The molecule has 0 radical (unpaired) electrons. The molecule has 1 aromatic heterocycles. The van der Waals surface area contributed by atoms with Gasteiger partial charge in [-0.05, 0) is 38.3 Å². The van der Waals surface area contributed by atoms with Gasteiger partial charge in [-0.1, -0.05) is 26.3 Å². The van der Waals surface area contributed by atoms with Crippen molar-refractivity contribution in [3.05, 3.63) is 23.4 Å². The summed E-state index contributed by atoms with van der Waals surface area (Å²) < 4.78 is 0. The summed E-state index contributed by atoms with van der Waals surface area (Å²) in [7, 11) is 0. The monoisotopic (exact) mass is 250 g/mol. The van der Waals surface area contributed by atoms with Crippen LogP contribution in [0.1, 0.15) is 51.3 Å². The third-order valence-corrected chi connectivity index (χ3v) is 3.52. The smallest absolute Gasteiger partial charge is 0.129 e. The van der Waals surface area contributed by atoms with Crippen molar-refractivity contribution in [2.45, 2.75) is 59.6 Å². The lowest BCUT2D eigenvalue weighted by Crippen LogP contribution is -2.34. The maximum atomic E-state index is 9.19. The first-order valence-electron chi connectivity index (χ1n) is 6.98. The van der Waals surface area contributed by atoms with Crippen molar-refractivity contribution >= 4 is 5.82 Å². The fourth-order valence-electron chi connectivity index (χ4n) is 2.01. The van der Waals surface area contributed by atoms with Crippen molar-refractivity contribution in [1.82, 2.24) is 4.98 Å². The van der Waals surface area contributed by atoms with Crippen molar-refractivity contribution < 1.29 is 5.11 Å². The Kier molecular flexibility index (Phi) is 6.13. The van der Waals surface area contributed by atoms with Crippen LogP contribution in [0.2, 0.25) is 0 Å². The number of hydrogen-bond acceptors (Lipinski definition) is 3. The van der Waals surface area contributed by atoms with Gasteiger partial charge in [0.1, 0.15) is 5.82 Å². The Morgan fingerprint density at radius 3 is 2.56 bits per heavy atom. The molecule has 0 saturated carbocycles. The number of anilines is 1. The topological polar surface area (TPSA) is 36.4 Å². The van der Waals surface area contributed by atoms with Crippen LogP contribution in [0.4, 0.5) is 5.82 Å². The lowest BCUT2D eigenvalue weighted by atomic mass is 10.1. The van der Waals surface area contributed by atoms with Crippen LogP contribution in [-0.2, 0) is 6.61 Å². The number of aliphatic hydroxyl groups excluding tert-OH is 1. The van der Waals surface area contributed by atoms with E-state index in [1.165, 1.54) is 12.8 Å². The molecular weight excluding hydrogens is 224 g/mol.